The molecule has 2 N–H and O–H groups in total. The number of non-ortho nitro benzene ring substituents is 1. The van der Waals surface area contributed by atoms with E-state index in [0.29, 0.717) is 0 Å². The molecule has 1 fully saturated rings. The van der Waals surface area contributed by atoms with Gasteiger partial charge in [-0.3, -0.25) is 24.5 Å². The first kappa shape index (κ1) is 20.3. The highest BCUT2D eigenvalue weighted by molar-refractivity contribution is 5.94. The van der Waals surface area contributed by atoms with Gasteiger partial charge in [0.25, 0.3) is 17.5 Å². The van der Waals surface area contributed by atoms with E-state index in [9.17, 15) is 24.5 Å². The Hall–Kier alpha value is -2.97. The van der Waals surface area contributed by atoms with Gasteiger partial charge < -0.3 is 15.4 Å². The molecule has 0 saturated heterocycles. The molecule has 2 rings (SSSR count). The number of hydrogen-bond donors (Lipinski definition) is 2. The van der Waals surface area contributed by atoms with Gasteiger partial charge in [-0.2, -0.15) is 0 Å². The second kappa shape index (κ2) is 9.65. The number of carbonyl (C=O) groups is 3. The van der Waals surface area contributed by atoms with E-state index in [1.807, 2.05) is 0 Å². The number of esters is 1. The Morgan fingerprint density at radius 1 is 1.22 bits per heavy atom. The number of hydrogen-bond acceptors (Lipinski definition) is 6. The normalized spacial score (nSPS) is 15.0. The summed E-state index contributed by atoms with van der Waals surface area (Å²) < 4.78 is 5.07. The van der Waals surface area contributed by atoms with Crippen molar-refractivity contribution in [3.05, 3.63) is 39.9 Å². The molecule has 27 heavy (non-hydrogen) atoms. The number of rotatable bonds is 8. The summed E-state index contributed by atoms with van der Waals surface area (Å²) in [5, 5.41) is 16.0. The van der Waals surface area contributed by atoms with E-state index in [2.05, 4.69) is 10.6 Å². The minimum atomic E-state index is -0.886. The maximum atomic E-state index is 12.0. The summed E-state index contributed by atoms with van der Waals surface area (Å²) in [6, 6.07) is 5.28. The van der Waals surface area contributed by atoms with Gasteiger partial charge in [0, 0.05) is 30.3 Å². The Labute approximate surface area is 156 Å². The predicted molar refractivity (Wildman–Crippen MR) is 96.0 cm³/mol. The van der Waals surface area contributed by atoms with Gasteiger partial charge in [0.1, 0.15) is 0 Å². The number of nitrogens with zero attached hydrogens (tertiary/aromatic N) is 1. The molecule has 0 aromatic heterocycles. The van der Waals surface area contributed by atoms with Crippen LogP contribution in [0.4, 0.5) is 5.69 Å². The van der Waals surface area contributed by atoms with Crippen LogP contribution in [0.15, 0.2) is 24.3 Å². The van der Waals surface area contributed by atoms with E-state index in [4.69, 9.17) is 4.74 Å². The van der Waals surface area contributed by atoms with Gasteiger partial charge >= 0.3 is 5.97 Å². The molecule has 0 unspecified atom stereocenters. The zero-order valence-electron chi connectivity index (χ0n) is 15.1. The third kappa shape index (κ3) is 6.36. The fourth-order valence-corrected chi connectivity index (χ4v) is 2.81. The van der Waals surface area contributed by atoms with Crippen LogP contribution in [-0.4, -0.2) is 41.4 Å². The van der Waals surface area contributed by atoms with Crippen molar-refractivity contribution >= 4 is 23.5 Å². The molecule has 1 aromatic rings. The van der Waals surface area contributed by atoms with E-state index in [1.54, 1.807) is 0 Å². The molecule has 9 nitrogen and oxygen atoms in total. The van der Waals surface area contributed by atoms with Gasteiger partial charge in [0.2, 0.25) is 0 Å². The molecule has 0 aliphatic heterocycles. The van der Waals surface area contributed by atoms with E-state index in [1.165, 1.54) is 31.2 Å². The van der Waals surface area contributed by atoms with Crippen molar-refractivity contribution in [1.29, 1.82) is 0 Å². The van der Waals surface area contributed by atoms with E-state index in [-0.39, 0.29) is 36.2 Å². The molecular weight excluding hydrogens is 354 g/mol. The minimum absolute atomic E-state index is 0.0334. The standard InChI is InChI=1S/C18H23N3O6/c1-12(17(23)20-14-4-2-3-5-14)27-16(22)10-11-19-18(24)13-6-8-15(9-7-13)21(25)26/h6-9,12,14H,2-5,10-11H2,1H3,(H,19,24)(H,20,23)/t12-/m1/s1. The average Bonchev–Trinajstić information content (AvgIpc) is 3.14. The lowest BCUT2D eigenvalue weighted by atomic mass is 10.2. The first-order valence-corrected chi connectivity index (χ1v) is 8.89. The third-order valence-corrected chi connectivity index (χ3v) is 4.33. The summed E-state index contributed by atoms with van der Waals surface area (Å²) >= 11 is 0. The quantitative estimate of drug-likeness (QED) is 0.403. The van der Waals surface area contributed by atoms with Crippen LogP contribution >= 0.6 is 0 Å². The molecule has 0 spiro atoms. The Morgan fingerprint density at radius 2 is 1.85 bits per heavy atom. The lowest BCUT2D eigenvalue weighted by molar-refractivity contribution is -0.384. The summed E-state index contributed by atoms with van der Waals surface area (Å²) in [6.45, 7) is 1.54. The second-order valence-corrected chi connectivity index (χ2v) is 6.43. The molecular formula is C18H23N3O6. The van der Waals surface area contributed by atoms with E-state index in [0.717, 1.165) is 25.7 Å². The number of carbonyl (C=O) groups excluding carboxylic acids is 3. The smallest absolute Gasteiger partial charge is 0.308 e. The number of benzene rings is 1. The van der Waals surface area contributed by atoms with Crippen molar-refractivity contribution in [3.8, 4) is 0 Å². The maximum Gasteiger partial charge on any atom is 0.308 e. The monoisotopic (exact) mass is 377 g/mol. The lowest BCUT2D eigenvalue weighted by Crippen LogP contribution is -2.41. The van der Waals surface area contributed by atoms with Crippen LogP contribution in [0.3, 0.4) is 0 Å². The second-order valence-electron chi connectivity index (χ2n) is 6.43. The first-order valence-electron chi connectivity index (χ1n) is 8.89. The maximum absolute atomic E-state index is 12.0. The zero-order chi connectivity index (χ0) is 19.8. The van der Waals surface area contributed by atoms with Crippen molar-refractivity contribution in [1.82, 2.24) is 10.6 Å². The Morgan fingerprint density at radius 3 is 2.44 bits per heavy atom. The van der Waals surface area contributed by atoms with Crippen molar-refractivity contribution < 1.29 is 24.0 Å². The number of nitro groups is 1. The van der Waals surface area contributed by atoms with Crippen molar-refractivity contribution in [2.45, 2.75) is 51.2 Å². The fourth-order valence-electron chi connectivity index (χ4n) is 2.81. The van der Waals surface area contributed by atoms with Crippen molar-refractivity contribution in [2.24, 2.45) is 0 Å². The first-order chi connectivity index (χ1) is 12.9. The van der Waals surface area contributed by atoms with Crippen LogP contribution in [0.2, 0.25) is 0 Å². The lowest BCUT2D eigenvalue weighted by Gasteiger charge is -2.17. The van der Waals surface area contributed by atoms with Crippen LogP contribution in [0.1, 0.15) is 49.4 Å². The van der Waals surface area contributed by atoms with Gasteiger partial charge in [-0.05, 0) is 31.9 Å². The molecule has 0 radical (unpaired) electrons. The molecule has 1 aliphatic rings. The predicted octanol–water partition coefficient (Wildman–Crippen LogP) is 1.71. The molecule has 1 saturated carbocycles. The number of amides is 2. The molecule has 1 atom stereocenters. The van der Waals surface area contributed by atoms with E-state index < -0.39 is 22.9 Å². The average molecular weight is 377 g/mol. The Bertz CT molecular complexity index is 698. The van der Waals surface area contributed by atoms with E-state index >= 15 is 0 Å². The van der Waals surface area contributed by atoms with Gasteiger partial charge in [0.15, 0.2) is 6.10 Å². The van der Waals surface area contributed by atoms with Crippen molar-refractivity contribution in [3.63, 3.8) is 0 Å². The van der Waals surface area contributed by atoms with Crippen LogP contribution < -0.4 is 10.6 Å². The minimum Gasteiger partial charge on any atom is -0.452 e. The Kier molecular flexibility index (Phi) is 7.27. The molecule has 2 amide bonds. The summed E-state index contributed by atoms with van der Waals surface area (Å²) in [5.74, 6) is -1.36. The molecule has 1 aromatic carbocycles. The zero-order valence-corrected chi connectivity index (χ0v) is 15.1. The van der Waals surface area contributed by atoms with Crippen LogP contribution in [0.5, 0.6) is 0 Å². The number of ether oxygens (including phenoxy) is 1. The fraction of sp³-hybridized carbons (Fsp3) is 0.500. The molecule has 0 heterocycles. The molecule has 9 heteroatoms. The summed E-state index contributed by atoms with van der Waals surface area (Å²) in [6.07, 6.45) is 3.10. The third-order valence-electron chi connectivity index (χ3n) is 4.33. The Balaban J connectivity index is 1.69. The van der Waals surface area contributed by atoms with Crippen LogP contribution in [-0.2, 0) is 14.3 Å². The molecule has 1 aliphatic carbocycles. The number of nitro benzene ring substituents is 1. The largest absolute Gasteiger partial charge is 0.452 e. The molecule has 0 bridgehead atoms. The van der Waals surface area contributed by atoms with Crippen molar-refractivity contribution in [2.75, 3.05) is 6.54 Å². The summed E-state index contributed by atoms with van der Waals surface area (Å²) in [5.41, 5.74) is 0.137. The van der Waals surface area contributed by atoms with Crippen LogP contribution in [0, 0.1) is 10.1 Å². The van der Waals surface area contributed by atoms with Gasteiger partial charge in [-0.25, -0.2) is 0 Å². The summed E-state index contributed by atoms with van der Waals surface area (Å²) in [4.78, 5) is 45.7. The van der Waals surface area contributed by atoms with Gasteiger partial charge in [-0.1, -0.05) is 12.8 Å². The van der Waals surface area contributed by atoms with Gasteiger partial charge in [-0.15, -0.1) is 0 Å². The highest BCUT2D eigenvalue weighted by atomic mass is 16.6. The SMILES string of the molecule is C[C@@H](OC(=O)CCNC(=O)c1ccc([N+](=O)[O-])cc1)C(=O)NC1CCCC1. The summed E-state index contributed by atoms with van der Waals surface area (Å²) in [7, 11) is 0. The van der Waals surface area contributed by atoms with Gasteiger partial charge in [0.05, 0.1) is 11.3 Å². The highest BCUT2D eigenvalue weighted by Crippen LogP contribution is 2.17. The topological polar surface area (TPSA) is 128 Å². The highest BCUT2D eigenvalue weighted by Gasteiger charge is 2.23. The van der Waals surface area contributed by atoms with Crippen LogP contribution in [0.25, 0.3) is 0 Å². The molecule has 146 valence electrons. The number of nitrogens with one attached hydrogen (secondary N) is 2.